The Bertz CT molecular complexity index is 631. The lowest BCUT2D eigenvalue weighted by Crippen LogP contribution is -2.38. The second-order valence-electron chi connectivity index (χ2n) is 3.86. The molecule has 0 radical (unpaired) electrons. The topological polar surface area (TPSA) is 44.0 Å². The Hall–Kier alpha value is -1.75. The van der Waals surface area contributed by atoms with E-state index in [0.29, 0.717) is 12.3 Å². The highest BCUT2D eigenvalue weighted by molar-refractivity contribution is 7.99. The van der Waals surface area contributed by atoms with Gasteiger partial charge in [0.15, 0.2) is 0 Å². The zero-order chi connectivity index (χ0) is 13.0. The van der Waals surface area contributed by atoms with Gasteiger partial charge >= 0.3 is 5.69 Å². The first-order chi connectivity index (χ1) is 8.68. The van der Waals surface area contributed by atoms with Gasteiger partial charge in [0, 0.05) is 36.5 Å². The Labute approximate surface area is 109 Å². The summed E-state index contributed by atoms with van der Waals surface area (Å²) in [6, 6.07) is 11.3. The first kappa shape index (κ1) is 12.7. The third kappa shape index (κ3) is 2.92. The van der Waals surface area contributed by atoms with Crippen LogP contribution in [0.25, 0.3) is 0 Å². The maximum absolute atomic E-state index is 11.7. The molecule has 4 nitrogen and oxygen atoms in total. The van der Waals surface area contributed by atoms with Gasteiger partial charge in [-0.25, -0.2) is 4.79 Å². The third-order valence-corrected chi connectivity index (χ3v) is 3.56. The van der Waals surface area contributed by atoms with Crippen molar-refractivity contribution in [3.8, 4) is 0 Å². The minimum absolute atomic E-state index is 0.244. The van der Waals surface area contributed by atoms with Crippen molar-refractivity contribution in [1.29, 1.82) is 0 Å². The van der Waals surface area contributed by atoms with Crippen molar-refractivity contribution in [2.75, 3.05) is 5.75 Å². The minimum Gasteiger partial charge on any atom is -0.303 e. The van der Waals surface area contributed by atoms with Crippen LogP contribution in [0.1, 0.15) is 0 Å². The number of hydrogen-bond acceptors (Lipinski definition) is 3. The molecule has 1 aromatic carbocycles. The monoisotopic (exact) mass is 262 g/mol. The zero-order valence-electron chi connectivity index (χ0n) is 10.1. The predicted molar refractivity (Wildman–Crippen MR) is 73.1 cm³/mol. The quantitative estimate of drug-likeness (QED) is 0.781. The number of aryl methyl sites for hydroxylation is 1. The molecule has 0 aliphatic carbocycles. The summed E-state index contributed by atoms with van der Waals surface area (Å²) in [5.41, 5.74) is -0.511. The third-order valence-electron chi connectivity index (χ3n) is 2.57. The fourth-order valence-electron chi connectivity index (χ4n) is 1.59. The molecule has 1 aromatic heterocycles. The lowest BCUT2D eigenvalue weighted by Gasteiger charge is -2.06. The molecule has 0 amide bonds. The largest absolute Gasteiger partial charge is 0.330 e. The average molecular weight is 262 g/mol. The number of hydrogen-bond donors (Lipinski definition) is 0. The number of nitrogens with zero attached hydrogens (tertiary/aromatic N) is 2. The van der Waals surface area contributed by atoms with Crippen LogP contribution in [0.3, 0.4) is 0 Å². The zero-order valence-corrected chi connectivity index (χ0v) is 10.9. The Morgan fingerprint density at radius 1 is 1.11 bits per heavy atom. The summed E-state index contributed by atoms with van der Waals surface area (Å²) in [7, 11) is 1.64. The first-order valence-corrected chi connectivity index (χ1v) is 6.61. The summed E-state index contributed by atoms with van der Waals surface area (Å²) in [5.74, 6) is 0.698. The molecule has 0 aliphatic heterocycles. The highest BCUT2D eigenvalue weighted by Crippen LogP contribution is 2.16. The summed E-state index contributed by atoms with van der Waals surface area (Å²) in [6.07, 6.45) is 1.49. The maximum Gasteiger partial charge on any atom is 0.330 e. The number of aromatic nitrogens is 2. The summed E-state index contributed by atoms with van der Waals surface area (Å²) < 4.78 is 2.67. The first-order valence-electron chi connectivity index (χ1n) is 5.63. The summed E-state index contributed by atoms with van der Waals surface area (Å²) in [4.78, 5) is 24.5. The van der Waals surface area contributed by atoms with E-state index >= 15 is 0 Å². The van der Waals surface area contributed by atoms with Crippen molar-refractivity contribution in [3.63, 3.8) is 0 Å². The molecule has 0 N–H and O–H groups in total. The highest BCUT2D eigenvalue weighted by Gasteiger charge is 2.02. The van der Waals surface area contributed by atoms with Crippen molar-refractivity contribution in [3.05, 3.63) is 63.4 Å². The van der Waals surface area contributed by atoms with Crippen molar-refractivity contribution in [2.45, 2.75) is 11.4 Å². The fourth-order valence-corrected chi connectivity index (χ4v) is 2.45. The van der Waals surface area contributed by atoms with E-state index in [0.717, 1.165) is 4.90 Å². The second kappa shape index (κ2) is 5.73. The molecule has 1 heterocycles. The molecule has 0 saturated carbocycles. The number of benzene rings is 1. The number of thioether (sulfide) groups is 1. The Balaban J connectivity index is 2.06. The summed E-state index contributed by atoms with van der Waals surface area (Å²) >= 11 is 1.63. The van der Waals surface area contributed by atoms with Crippen LogP contribution in [0, 0.1) is 0 Å². The predicted octanol–water partition coefficient (Wildman–Crippen LogP) is 1.34. The summed E-state index contributed by atoms with van der Waals surface area (Å²) in [6.45, 7) is 0.423. The van der Waals surface area contributed by atoms with Gasteiger partial charge in [-0.15, -0.1) is 11.8 Å². The van der Waals surface area contributed by atoms with E-state index in [9.17, 15) is 9.59 Å². The van der Waals surface area contributed by atoms with Crippen LogP contribution in [0.4, 0.5) is 0 Å². The molecule has 0 bridgehead atoms. The summed E-state index contributed by atoms with van der Waals surface area (Å²) in [5, 5.41) is 0. The van der Waals surface area contributed by atoms with Crippen LogP contribution in [-0.4, -0.2) is 14.9 Å². The van der Waals surface area contributed by atoms with Crippen LogP contribution in [0.5, 0.6) is 0 Å². The van der Waals surface area contributed by atoms with Crippen molar-refractivity contribution in [1.82, 2.24) is 9.13 Å². The molecule has 0 fully saturated rings. The Kier molecular flexibility index (Phi) is 4.04. The van der Waals surface area contributed by atoms with Crippen LogP contribution < -0.4 is 11.2 Å². The molecule has 0 spiro atoms. The SMILES string of the molecule is Cn1ccc(=O)n(CCSc2ccccc2)c1=O. The van der Waals surface area contributed by atoms with Crippen molar-refractivity contribution in [2.24, 2.45) is 7.05 Å². The smallest absolute Gasteiger partial charge is 0.303 e. The molecule has 18 heavy (non-hydrogen) atoms. The van der Waals surface area contributed by atoms with Gasteiger partial charge in [0.25, 0.3) is 5.56 Å². The molecule has 2 rings (SSSR count). The molecule has 94 valence electrons. The van der Waals surface area contributed by atoms with Gasteiger partial charge in [-0.1, -0.05) is 18.2 Å². The van der Waals surface area contributed by atoms with Gasteiger partial charge in [0.2, 0.25) is 0 Å². The van der Waals surface area contributed by atoms with Gasteiger partial charge in [0.1, 0.15) is 0 Å². The van der Waals surface area contributed by atoms with Crippen molar-refractivity contribution < 1.29 is 0 Å². The molecule has 0 atom stereocenters. The Morgan fingerprint density at radius 2 is 1.83 bits per heavy atom. The molecule has 2 aromatic rings. The van der Waals surface area contributed by atoms with Gasteiger partial charge in [-0.3, -0.25) is 9.36 Å². The van der Waals surface area contributed by atoms with E-state index in [4.69, 9.17) is 0 Å². The van der Waals surface area contributed by atoms with E-state index in [2.05, 4.69) is 0 Å². The standard InChI is InChI=1S/C13H14N2O2S/c1-14-8-7-12(16)15(13(14)17)9-10-18-11-5-3-2-4-6-11/h2-8H,9-10H2,1H3. The highest BCUT2D eigenvalue weighted by atomic mass is 32.2. The maximum atomic E-state index is 11.7. The normalized spacial score (nSPS) is 10.5. The van der Waals surface area contributed by atoms with Gasteiger partial charge < -0.3 is 4.57 Å². The van der Waals surface area contributed by atoms with Crippen LogP contribution in [0.2, 0.25) is 0 Å². The number of rotatable bonds is 4. The van der Waals surface area contributed by atoms with Crippen LogP contribution in [-0.2, 0) is 13.6 Å². The van der Waals surface area contributed by atoms with E-state index in [-0.39, 0.29) is 11.2 Å². The minimum atomic E-state index is -0.267. The van der Waals surface area contributed by atoms with Gasteiger partial charge in [-0.05, 0) is 12.1 Å². The average Bonchev–Trinajstić information content (AvgIpc) is 2.39. The molecular weight excluding hydrogens is 248 g/mol. The molecule has 0 saturated heterocycles. The lowest BCUT2D eigenvalue weighted by atomic mass is 10.4. The van der Waals surface area contributed by atoms with Crippen LogP contribution >= 0.6 is 11.8 Å². The van der Waals surface area contributed by atoms with E-state index in [1.54, 1.807) is 18.8 Å². The fraction of sp³-hybridized carbons (Fsp3) is 0.231. The molecule has 0 unspecified atom stereocenters. The Morgan fingerprint density at radius 3 is 2.56 bits per heavy atom. The van der Waals surface area contributed by atoms with Crippen molar-refractivity contribution >= 4 is 11.8 Å². The molecular formula is C13H14N2O2S. The van der Waals surface area contributed by atoms with E-state index in [1.807, 2.05) is 30.3 Å². The van der Waals surface area contributed by atoms with Gasteiger partial charge in [-0.2, -0.15) is 0 Å². The van der Waals surface area contributed by atoms with E-state index in [1.165, 1.54) is 21.4 Å². The van der Waals surface area contributed by atoms with Crippen LogP contribution in [0.15, 0.2) is 57.1 Å². The molecule has 0 aliphatic rings. The lowest BCUT2D eigenvalue weighted by molar-refractivity contribution is 0.626. The van der Waals surface area contributed by atoms with Gasteiger partial charge in [0.05, 0.1) is 0 Å². The molecule has 5 heteroatoms. The van der Waals surface area contributed by atoms with E-state index < -0.39 is 0 Å². The second-order valence-corrected chi connectivity index (χ2v) is 5.03.